The van der Waals surface area contributed by atoms with E-state index >= 15 is 0 Å². The molecule has 3 aromatic carbocycles. The van der Waals surface area contributed by atoms with Crippen LogP contribution in [0.1, 0.15) is 43.0 Å². The van der Waals surface area contributed by atoms with Crippen molar-refractivity contribution in [2.75, 3.05) is 0 Å². The Kier molecular flexibility index (Phi) is 3.80. The minimum Gasteiger partial charge on any atom is -0.307 e. The molecule has 0 aliphatic heterocycles. The molecule has 0 N–H and O–H groups in total. The molecule has 2 heteroatoms. The van der Waals surface area contributed by atoms with Gasteiger partial charge in [0.05, 0.1) is 27.3 Å². The van der Waals surface area contributed by atoms with Gasteiger partial charge in [-0.15, -0.1) is 0 Å². The van der Waals surface area contributed by atoms with E-state index in [1.165, 1.54) is 71.3 Å². The molecule has 0 saturated carbocycles. The maximum Gasteiger partial charge on any atom is 0.224 e. The lowest BCUT2D eigenvalue weighted by Crippen LogP contribution is -2.29. The van der Waals surface area contributed by atoms with Gasteiger partial charge in [-0.05, 0) is 78.4 Å². The molecule has 0 bridgehead atoms. The van der Waals surface area contributed by atoms with Gasteiger partial charge in [-0.1, -0.05) is 39.0 Å². The standard InChI is InChI=1S/C30H31N2/c1-17-9-8-10-23-25(17)22-13-18(2)19(3)26-28(22)32(23)24-15-20(16-30(4,5)6)14-21-11-12-31(7)29(26)27(21)24/h8-15H,16H2,1-7H3/q+1. The van der Waals surface area contributed by atoms with E-state index in [-0.39, 0.29) is 5.41 Å². The molecule has 0 amide bonds. The van der Waals surface area contributed by atoms with Crippen molar-refractivity contribution in [3.8, 4) is 0 Å². The molecule has 2 nitrogen and oxygen atoms in total. The van der Waals surface area contributed by atoms with E-state index in [0.717, 1.165) is 6.42 Å². The summed E-state index contributed by atoms with van der Waals surface area (Å²) in [5.41, 5.74) is 11.1. The molecule has 0 radical (unpaired) electrons. The summed E-state index contributed by atoms with van der Waals surface area (Å²) >= 11 is 0. The monoisotopic (exact) mass is 419 g/mol. The molecule has 0 aliphatic carbocycles. The van der Waals surface area contributed by atoms with Gasteiger partial charge in [0.25, 0.3) is 0 Å². The number of aryl methyl sites for hydroxylation is 4. The predicted octanol–water partition coefficient (Wildman–Crippen LogP) is 7.33. The number of hydrogen-bond acceptors (Lipinski definition) is 0. The van der Waals surface area contributed by atoms with Gasteiger partial charge in [0.1, 0.15) is 7.05 Å². The zero-order chi connectivity index (χ0) is 22.5. The van der Waals surface area contributed by atoms with Crippen LogP contribution in [0.2, 0.25) is 0 Å². The van der Waals surface area contributed by atoms with Gasteiger partial charge in [0.2, 0.25) is 5.52 Å². The first-order valence-corrected chi connectivity index (χ1v) is 11.7. The normalized spacial score (nSPS) is 13.0. The average Bonchev–Trinajstić information content (AvgIpc) is 3.04. The number of nitrogens with zero attached hydrogens (tertiary/aromatic N) is 2. The maximum atomic E-state index is 2.56. The summed E-state index contributed by atoms with van der Waals surface area (Å²) in [6, 6.07) is 16.3. The molecule has 0 aliphatic rings. The highest BCUT2D eigenvalue weighted by Gasteiger charge is 2.26. The van der Waals surface area contributed by atoms with Crippen LogP contribution in [0.3, 0.4) is 0 Å². The third kappa shape index (κ3) is 2.50. The second kappa shape index (κ2) is 6.22. The molecule has 160 valence electrons. The van der Waals surface area contributed by atoms with Crippen molar-refractivity contribution >= 4 is 49.0 Å². The van der Waals surface area contributed by atoms with Crippen molar-refractivity contribution < 1.29 is 4.57 Å². The number of benzene rings is 3. The molecule has 3 heterocycles. The summed E-state index contributed by atoms with van der Waals surface area (Å²) in [5, 5.41) is 6.86. The van der Waals surface area contributed by atoms with Crippen LogP contribution in [0, 0.1) is 26.2 Å². The zero-order valence-electron chi connectivity index (χ0n) is 20.2. The summed E-state index contributed by atoms with van der Waals surface area (Å²) in [6.45, 7) is 13.8. The quantitative estimate of drug-likeness (QED) is 0.150. The minimum absolute atomic E-state index is 0.244. The molecule has 0 atom stereocenters. The third-order valence-electron chi connectivity index (χ3n) is 7.29. The highest BCUT2D eigenvalue weighted by molar-refractivity contribution is 6.26. The predicted molar refractivity (Wildman–Crippen MR) is 137 cm³/mol. The van der Waals surface area contributed by atoms with Crippen molar-refractivity contribution in [2.24, 2.45) is 12.5 Å². The van der Waals surface area contributed by atoms with Gasteiger partial charge in [-0.3, -0.25) is 0 Å². The first kappa shape index (κ1) is 19.5. The number of hydrogen-bond donors (Lipinski definition) is 0. The third-order valence-corrected chi connectivity index (χ3v) is 7.29. The molecule has 0 unspecified atom stereocenters. The van der Waals surface area contributed by atoms with Gasteiger partial charge in [-0.2, -0.15) is 0 Å². The Bertz CT molecular complexity index is 1710. The Labute approximate surface area is 189 Å². The van der Waals surface area contributed by atoms with Crippen LogP contribution < -0.4 is 4.57 Å². The van der Waals surface area contributed by atoms with Crippen LogP contribution in [0.5, 0.6) is 0 Å². The number of aromatic nitrogens is 2. The number of fused-ring (bicyclic) bond motifs is 5. The second-order valence-electron chi connectivity index (χ2n) is 11.0. The lowest BCUT2D eigenvalue weighted by atomic mass is 9.87. The fourth-order valence-corrected chi connectivity index (χ4v) is 5.91. The van der Waals surface area contributed by atoms with E-state index in [0.29, 0.717) is 0 Å². The van der Waals surface area contributed by atoms with E-state index in [2.05, 4.69) is 106 Å². The van der Waals surface area contributed by atoms with Crippen LogP contribution in [0.4, 0.5) is 0 Å². The molecule has 0 saturated heterocycles. The van der Waals surface area contributed by atoms with Crippen molar-refractivity contribution in [1.82, 2.24) is 4.40 Å². The SMILES string of the molecule is Cc1cc2c3c(C)cccc3n3c4cc(CC(C)(C)C)cc5cc[n+](C)c(c(c1C)c23)c54. The van der Waals surface area contributed by atoms with E-state index in [9.17, 15) is 0 Å². The average molecular weight is 420 g/mol. The van der Waals surface area contributed by atoms with Crippen molar-refractivity contribution in [2.45, 2.75) is 48.0 Å². The lowest BCUT2D eigenvalue weighted by Gasteiger charge is -2.20. The molecule has 6 aromatic rings. The van der Waals surface area contributed by atoms with Crippen LogP contribution in [-0.4, -0.2) is 4.40 Å². The van der Waals surface area contributed by atoms with Gasteiger partial charge in [0, 0.05) is 16.8 Å². The van der Waals surface area contributed by atoms with Crippen LogP contribution in [0.15, 0.2) is 48.7 Å². The van der Waals surface area contributed by atoms with Crippen LogP contribution in [0.25, 0.3) is 49.0 Å². The highest BCUT2D eigenvalue weighted by atomic mass is 15.0. The van der Waals surface area contributed by atoms with Gasteiger partial charge < -0.3 is 4.40 Å². The largest absolute Gasteiger partial charge is 0.307 e. The van der Waals surface area contributed by atoms with E-state index in [4.69, 9.17) is 0 Å². The Morgan fingerprint density at radius 3 is 2.38 bits per heavy atom. The number of rotatable bonds is 1. The van der Waals surface area contributed by atoms with Crippen molar-refractivity contribution in [1.29, 1.82) is 0 Å². The van der Waals surface area contributed by atoms with E-state index in [1.807, 2.05) is 0 Å². The van der Waals surface area contributed by atoms with Crippen LogP contribution >= 0.6 is 0 Å². The fraction of sp³-hybridized carbons (Fsp3) is 0.300. The van der Waals surface area contributed by atoms with E-state index < -0.39 is 0 Å². The second-order valence-corrected chi connectivity index (χ2v) is 11.0. The van der Waals surface area contributed by atoms with Gasteiger partial charge in [-0.25, -0.2) is 4.57 Å². The Morgan fingerprint density at radius 2 is 1.62 bits per heavy atom. The Balaban J connectivity index is 2.00. The van der Waals surface area contributed by atoms with E-state index in [1.54, 1.807) is 0 Å². The zero-order valence-corrected chi connectivity index (χ0v) is 20.2. The van der Waals surface area contributed by atoms with Crippen molar-refractivity contribution in [3.63, 3.8) is 0 Å². The number of pyridine rings is 2. The minimum atomic E-state index is 0.244. The maximum absolute atomic E-state index is 2.56. The summed E-state index contributed by atoms with van der Waals surface area (Å²) in [4.78, 5) is 0. The Hall–Kier alpha value is -3.13. The Morgan fingerprint density at radius 1 is 0.844 bits per heavy atom. The molecule has 0 fully saturated rings. The van der Waals surface area contributed by atoms with Crippen LogP contribution in [-0.2, 0) is 13.5 Å². The van der Waals surface area contributed by atoms with Gasteiger partial charge in [0.15, 0.2) is 6.20 Å². The molecular formula is C30H31N2+. The first-order chi connectivity index (χ1) is 15.2. The summed E-state index contributed by atoms with van der Waals surface area (Å²) in [6.07, 6.45) is 3.30. The molecule has 0 spiro atoms. The summed E-state index contributed by atoms with van der Waals surface area (Å²) < 4.78 is 4.88. The molecule has 32 heavy (non-hydrogen) atoms. The van der Waals surface area contributed by atoms with Crippen molar-refractivity contribution in [3.05, 3.63) is 70.9 Å². The molecular weight excluding hydrogens is 388 g/mol. The topological polar surface area (TPSA) is 8.29 Å². The lowest BCUT2D eigenvalue weighted by molar-refractivity contribution is -0.643. The fourth-order valence-electron chi connectivity index (χ4n) is 5.91. The van der Waals surface area contributed by atoms with Gasteiger partial charge >= 0.3 is 0 Å². The smallest absolute Gasteiger partial charge is 0.224 e. The first-order valence-electron chi connectivity index (χ1n) is 11.7. The molecule has 3 aromatic heterocycles. The molecule has 6 rings (SSSR count). The highest BCUT2D eigenvalue weighted by Crippen LogP contribution is 2.43. The summed E-state index contributed by atoms with van der Waals surface area (Å²) in [7, 11) is 2.19. The summed E-state index contributed by atoms with van der Waals surface area (Å²) in [5.74, 6) is 0.